The van der Waals surface area contributed by atoms with E-state index in [1.54, 1.807) is 13.1 Å². The first-order chi connectivity index (χ1) is 13.4. The molecular weight excluding hydrogens is 351 g/mol. The Morgan fingerprint density at radius 3 is 2.79 bits per heavy atom. The topological polar surface area (TPSA) is 33.4 Å². The van der Waals surface area contributed by atoms with Crippen LogP contribution in [0.4, 0.5) is 10.2 Å². The maximum Gasteiger partial charge on any atom is 0.139 e. The van der Waals surface area contributed by atoms with Crippen LogP contribution in [-0.4, -0.2) is 29.6 Å². The Hall–Kier alpha value is -2.69. The van der Waals surface area contributed by atoms with Crippen molar-refractivity contribution in [1.29, 1.82) is 0 Å². The Morgan fingerprint density at radius 2 is 2.14 bits per heavy atom. The monoisotopic (exact) mass is 380 g/mol. The van der Waals surface area contributed by atoms with Crippen LogP contribution >= 0.6 is 0 Å². The van der Waals surface area contributed by atoms with Crippen LogP contribution in [0.2, 0.25) is 0 Å². The largest absolute Gasteiger partial charge is 0.324 e. The van der Waals surface area contributed by atoms with Crippen LogP contribution in [0.15, 0.2) is 41.5 Å². The number of allylic oxidation sites excluding steroid dienone is 2. The highest BCUT2D eigenvalue weighted by Crippen LogP contribution is 2.38. The Morgan fingerprint density at radius 1 is 1.39 bits per heavy atom. The van der Waals surface area contributed by atoms with E-state index in [1.165, 1.54) is 11.6 Å². The highest BCUT2D eigenvalue weighted by Gasteiger charge is 2.29. The van der Waals surface area contributed by atoms with Crippen molar-refractivity contribution in [3.63, 3.8) is 0 Å². The van der Waals surface area contributed by atoms with Gasteiger partial charge in [0.15, 0.2) is 0 Å². The molecule has 0 saturated heterocycles. The summed E-state index contributed by atoms with van der Waals surface area (Å²) >= 11 is 0. The standard InChI is InChI=1S/C23H29FN4/c1-7-15(2)19(13-25-6)17(4)20-14-26-28-12-11-27(23(20)28)18(5)22-16(3)9-8-10-21(22)24/h8-10,13-15H,5,7,11-12H2,1-4,6H3/b19-17-,25-13?. The van der Waals surface area contributed by atoms with E-state index in [0.717, 1.165) is 42.0 Å². The Kier molecular flexibility index (Phi) is 5.82. The molecule has 1 aliphatic rings. The molecule has 0 bridgehead atoms. The lowest BCUT2D eigenvalue weighted by Crippen LogP contribution is -2.20. The van der Waals surface area contributed by atoms with Gasteiger partial charge in [-0.3, -0.25) is 4.99 Å². The first kappa shape index (κ1) is 20.1. The van der Waals surface area contributed by atoms with Crippen molar-refractivity contribution in [3.8, 4) is 0 Å². The van der Waals surface area contributed by atoms with E-state index < -0.39 is 0 Å². The highest BCUT2D eigenvalue weighted by atomic mass is 19.1. The molecule has 1 aromatic heterocycles. The molecule has 1 atom stereocenters. The van der Waals surface area contributed by atoms with Crippen molar-refractivity contribution < 1.29 is 4.39 Å². The molecule has 3 rings (SSSR count). The van der Waals surface area contributed by atoms with Gasteiger partial charge in [0.25, 0.3) is 0 Å². The van der Waals surface area contributed by atoms with Gasteiger partial charge >= 0.3 is 0 Å². The van der Waals surface area contributed by atoms with Gasteiger partial charge in [0.1, 0.15) is 11.6 Å². The van der Waals surface area contributed by atoms with Crippen LogP contribution in [0.3, 0.4) is 0 Å². The third-order valence-electron chi connectivity index (χ3n) is 5.69. The van der Waals surface area contributed by atoms with Crippen molar-refractivity contribution in [2.45, 2.75) is 40.7 Å². The average molecular weight is 381 g/mol. The van der Waals surface area contributed by atoms with Gasteiger partial charge in [-0.2, -0.15) is 5.10 Å². The lowest BCUT2D eigenvalue weighted by molar-refractivity contribution is 0.621. The highest BCUT2D eigenvalue weighted by molar-refractivity contribution is 5.94. The molecule has 0 N–H and O–H groups in total. The van der Waals surface area contributed by atoms with Crippen molar-refractivity contribution in [2.24, 2.45) is 10.9 Å². The second-order valence-electron chi connectivity index (χ2n) is 7.41. The molecule has 28 heavy (non-hydrogen) atoms. The number of aryl methyl sites for hydroxylation is 1. The lowest BCUT2D eigenvalue weighted by Gasteiger charge is -2.24. The van der Waals surface area contributed by atoms with E-state index in [2.05, 4.69) is 42.3 Å². The number of fused-ring (bicyclic) bond motifs is 1. The van der Waals surface area contributed by atoms with Gasteiger partial charge < -0.3 is 4.90 Å². The van der Waals surface area contributed by atoms with Gasteiger partial charge in [-0.05, 0) is 49.0 Å². The van der Waals surface area contributed by atoms with E-state index >= 15 is 0 Å². The van der Waals surface area contributed by atoms with Gasteiger partial charge in [-0.1, -0.05) is 32.6 Å². The summed E-state index contributed by atoms with van der Waals surface area (Å²) in [6.07, 6.45) is 4.89. The third kappa shape index (κ3) is 3.41. The van der Waals surface area contributed by atoms with Crippen LogP contribution < -0.4 is 4.90 Å². The van der Waals surface area contributed by atoms with Crippen molar-refractivity contribution in [1.82, 2.24) is 9.78 Å². The Bertz CT molecular complexity index is 931. The molecule has 0 fully saturated rings. The SMILES string of the molecule is C=C(c1c(C)cccc1F)N1CCn2ncc(/C(C)=C(/C=NC)C(C)CC)c21. The number of anilines is 1. The summed E-state index contributed by atoms with van der Waals surface area (Å²) in [5, 5.41) is 4.58. The number of rotatable bonds is 6. The van der Waals surface area contributed by atoms with Crippen LogP contribution in [0.5, 0.6) is 0 Å². The molecule has 0 saturated carbocycles. The maximum absolute atomic E-state index is 14.6. The number of halogens is 1. The first-order valence-electron chi connectivity index (χ1n) is 9.81. The number of nitrogens with zero attached hydrogens (tertiary/aromatic N) is 4. The zero-order valence-electron chi connectivity index (χ0n) is 17.5. The number of hydrogen-bond donors (Lipinski definition) is 0. The van der Waals surface area contributed by atoms with Gasteiger partial charge in [0, 0.05) is 36.6 Å². The molecule has 0 radical (unpaired) electrons. The Labute approximate surface area is 167 Å². The van der Waals surface area contributed by atoms with E-state index in [4.69, 9.17) is 0 Å². The van der Waals surface area contributed by atoms with Crippen molar-refractivity contribution in [2.75, 3.05) is 18.5 Å². The predicted octanol–water partition coefficient (Wildman–Crippen LogP) is 5.34. The first-order valence-corrected chi connectivity index (χ1v) is 9.81. The fraction of sp³-hybridized carbons (Fsp3) is 0.391. The molecule has 4 nitrogen and oxygen atoms in total. The van der Waals surface area contributed by atoms with Gasteiger partial charge in [-0.15, -0.1) is 0 Å². The summed E-state index contributed by atoms with van der Waals surface area (Å²) < 4.78 is 16.5. The molecule has 0 amide bonds. The second-order valence-corrected chi connectivity index (χ2v) is 7.41. The zero-order chi connectivity index (χ0) is 20.4. The molecule has 1 aliphatic heterocycles. The minimum absolute atomic E-state index is 0.241. The van der Waals surface area contributed by atoms with Gasteiger partial charge in [0.05, 0.1) is 12.7 Å². The number of aliphatic imine (C=N–C) groups is 1. The smallest absolute Gasteiger partial charge is 0.139 e. The molecular formula is C23H29FN4. The quantitative estimate of drug-likeness (QED) is 0.634. The van der Waals surface area contributed by atoms with E-state index in [-0.39, 0.29) is 5.82 Å². The fourth-order valence-electron chi connectivity index (χ4n) is 3.90. The summed E-state index contributed by atoms with van der Waals surface area (Å²) in [6.45, 7) is 14.2. The summed E-state index contributed by atoms with van der Waals surface area (Å²) in [5.74, 6) is 1.14. The van der Waals surface area contributed by atoms with Gasteiger partial charge in [0.2, 0.25) is 0 Å². The van der Waals surface area contributed by atoms with E-state index in [0.29, 0.717) is 17.2 Å². The summed E-state index contributed by atoms with van der Waals surface area (Å²) in [4.78, 5) is 6.36. The molecule has 2 aromatic rings. The van der Waals surface area contributed by atoms with E-state index in [1.807, 2.05) is 30.1 Å². The fourth-order valence-corrected chi connectivity index (χ4v) is 3.90. The third-order valence-corrected chi connectivity index (χ3v) is 5.69. The molecule has 1 aromatic carbocycles. The van der Waals surface area contributed by atoms with Gasteiger partial charge in [-0.25, -0.2) is 9.07 Å². The minimum atomic E-state index is -0.241. The minimum Gasteiger partial charge on any atom is -0.324 e. The van der Waals surface area contributed by atoms with Crippen LogP contribution in [0.1, 0.15) is 43.9 Å². The van der Waals surface area contributed by atoms with Crippen LogP contribution in [0, 0.1) is 18.7 Å². The lowest BCUT2D eigenvalue weighted by atomic mass is 9.92. The molecule has 0 spiro atoms. The van der Waals surface area contributed by atoms with Crippen LogP contribution in [-0.2, 0) is 6.54 Å². The van der Waals surface area contributed by atoms with Crippen molar-refractivity contribution in [3.05, 3.63) is 59.1 Å². The van der Waals surface area contributed by atoms with E-state index in [9.17, 15) is 4.39 Å². The number of aromatic nitrogens is 2. The molecule has 0 aliphatic carbocycles. The maximum atomic E-state index is 14.6. The number of benzene rings is 1. The average Bonchev–Trinajstić information content (AvgIpc) is 3.26. The summed E-state index contributed by atoms with van der Waals surface area (Å²) in [7, 11) is 1.80. The zero-order valence-corrected chi connectivity index (χ0v) is 17.5. The molecule has 148 valence electrons. The molecule has 1 unspecified atom stereocenters. The predicted molar refractivity (Wildman–Crippen MR) is 116 cm³/mol. The second kappa shape index (κ2) is 8.13. The Balaban J connectivity index is 2.09. The van der Waals surface area contributed by atoms with Crippen molar-refractivity contribution >= 4 is 23.3 Å². The molecule has 2 heterocycles. The summed E-state index contributed by atoms with van der Waals surface area (Å²) in [6, 6.07) is 5.14. The number of hydrogen-bond acceptors (Lipinski definition) is 3. The molecule has 5 heteroatoms. The summed E-state index contributed by atoms with van der Waals surface area (Å²) in [5.41, 5.74) is 5.56. The normalized spacial score (nSPS) is 15.7. The van der Waals surface area contributed by atoms with Crippen LogP contribution in [0.25, 0.3) is 11.3 Å².